The zero-order valence-corrected chi connectivity index (χ0v) is 31.9. The summed E-state index contributed by atoms with van der Waals surface area (Å²) in [6.07, 6.45) is 11.7. The summed E-state index contributed by atoms with van der Waals surface area (Å²) in [4.78, 5) is 17.4. The van der Waals surface area contributed by atoms with Crippen molar-refractivity contribution in [3.8, 4) is 27.7 Å². The maximum absolute atomic E-state index is 14.3. The van der Waals surface area contributed by atoms with Crippen LogP contribution in [0.5, 0.6) is 17.2 Å². The SMILES string of the molecule is O=C(c1ccc(OCCN2CCCCC2)cc1)c1c(-c2ccc(OS(=O)(=O)C3CCCCC3)cc2)sc2cc(OS(=O)(=O)C3CCCCC3)ccc12. The van der Waals surface area contributed by atoms with Crippen molar-refractivity contribution in [2.45, 2.75) is 94.0 Å². The molecule has 278 valence electrons. The van der Waals surface area contributed by atoms with Crippen LogP contribution in [0.25, 0.3) is 20.5 Å². The number of fused-ring (bicyclic) bond motifs is 1. The molecule has 1 saturated heterocycles. The van der Waals surface area contributed by atoms with Crippen molar-refractivity contribution < 1.29 is 34.7 Å². The molecule has 2 saturated carbocycles. The Morgan fingerprint density at radius 3 is 1.81 bits per heavy atom. The maximum Gasteiger partial charge on any atom is 0.312 e. The Morgan fingerprint density at radius 1 is 0.654 bits per heavy atom. The second kappa shape index (κ2) is 16.3. The lowest BCUT2D eigenvalue weighted by Gasteiger charge is -2.26. The van der Waals surface area contributed by atoms with Gasteiger partial charge >= 0.3 is 20.2 Å². The fourth-order valence-electron chi connectivity index (χ4n) is 7.65. The summed E-state index contributed by atoms with van der Waals surface area (Å²) in [5.74, 6) is 0.948. The minimum absolute atomic E-state index is 0.190. The molecule has 2 heterocycles. The third-order valence-corrected chi connectivity index (χ3v) is 15.2. The number of benzene rings is 3. The van der Waals surface area contributed by atoms with Gasteiger partial charge in [0.25, 0.3) is 0 Å². The Bertz CT molecular complexity index is 2060. The normalized spacial score (nSPS) is 18.3. The van der Waals surface area contributed by atoms with Gasteiger partial charge in [-0.15, -0.1) is 11.3 Å². The van der Waals surface area contributed by atoms with E-state index in [4.69, 9.17) is 13.1 Å². The van der Waals surface area contributed by atoms with Crippen LogP contribution >= 0.6 is 11.3 Å². The van der Waals surface area contributed by atoms with Crippen LogP contribution in [0.1, 0.15) is 99.4 Å². The third-order valence-electron chi connectivity index (χ3n) is 10.6. The smallest absolute Gasteiger partial charge is 0.312 e. The topological polar surface area (TPSA) is 116 Å². The van der Waals surface area contributed by atoms with E-state index in [1.807, 2.05) is 12.1 Å². The highest BCUT2D eigenvalue weighted by atomic mass is 32.2. The molecule has 0 unspecified atom stereocenters. The number of ether oxygens (including phenoxy) is 1. The Kier molecular flexibility index (Phi) is 11.6. The van der Waals surface area contributed by atoms with Crippen LogP contribution in [0.3, 0.4) is 0 Å². The molecular formula is C40H47NO8S3. The minimum atomic E-state index is -3.81. The number of thiophene rings is 1. The molecule has 7 rings (SSSR count). The molecule has 1 aliphatic heterocycles. The summed E-state index contributed by atoms with van der Waals surface area (Å²) in [6.45, 7) is 3.66. The predicted molar refractivity (Wildman–Crippen MR) is 206 cm³/mol. The standard InChI is InChI=1S/C40H47NO8S3/c42-39(29-14-18-31(19-15-29)47-27-26-41-24-8-3-9-25-41)38-36-23-22-33(49-52(45,46)35-12-6-2-7-13-35)28-37(36)50-40(38)30-16-20-32(21-17-30)48-51(43,44)34-10-4-1-5-11-34/h14-23,28,34-35H,1-13,24-27H2. The lowest BCUT2D eigenvalue weighted by atomic mass is 9.97. The average Bonchev–Trinajstić information content (AvgIpc) is 3.55. The average molecular weight is 766 g/mol. The van der Waals surface area contributed by atoms with E-state index in [1.165, 1.54) is 30.6 Å². The Hall–Kier alpha value is -3.45. The van der Waals surface area contributed by atoms with Crippen LogP contribution in [0.4, 0.5) is 0 Å². The van der Waals surface area contributed by atoms with E-state index in [0.29, 0.717) is 69.7 Å². The number of likely N-dealkylation sites (tertiary alicyclic amines) is 1. The quantitative estimate of drug-likeness (QED) is 0.0973. The van der Waals surface area contributed by atoms with Crippen LogP contribution in [-0.2, 0) is 20.2 Å². The van der Waals surface area contributed by atoms with E-state index >= 15 is 0 Å². The molecule has 4 aromatic rings. The lowest BCUT2D eigenvalue weighted by Crippen LogP contribution is -2.33. The molecule has 3 aromatic carbocycles. The Labute approximate surface area is 311 Å². The predicted octanol–water partition coefficient (Wildman–Crippen LogP) is 8.75. The van der Waals surface area contributed by atoms with Gasteiger partial charge in [0.15, 0.2) is 5.78 Å². The van der Waals surface area contributed by atoms with E-state index in [-0.39, 0.29) is 17.3 Å². The van der Waals surface area contributed by atoms with Crippen LogP contribution in [0.15, 0.2) is 66.7 Å². The van der Waals surface area contributed by atoms with Crippen LogP contribution in [-0.4, -0.2) is 64.3 Å². The van der Waals surface area contributed by atoms with E-state index in [1.54, 1.807) is 54.6 Å². The first kappa shape index (κ1) is 36.9. The fourth-order valence-corrected chi connectivity index (χ4v) is 11.7. The molecule has 0 N–H and O–H groups in total. The van der Waals surface area contributed by atoms with Gasteiger partial charge in [-0.1, -0.05) is 44.9 Å². The zero-order chi connectivity index (χ0) is 36.1. The van der Waals surface area contributed by atoms with Crippen molar-refractivity contribution in [3.63, 3.8) is 0 Å². The number of carbonyl (C=O) groups excluding carboxylic acids is 1. The molecule has 0 radical (unpaired) electrons. The largest absolute Gasteiger partial charge is 0.492 e. The van der Waals surface area contributed by atoms with Gasteiger partial charge in [0.1, 0.15) is 23.9 Å². The number of nitrogens with zero attached hydrogens (tertiary/aromatic N) is 1. The van der Waals surface area contributed by atoms with E-state index < -0.39 is 30.7 Å². The van der Waals surface area contributed by atoms with Gasteiger partial charge in [-0.2, -0.15) is 16.8 Å². The number of hydrogen-bond donors (Lipinski definition) is 0. The van der Waals surface area contributed by atoms with Crippen molar-refractivity contribution in [3.05, 3.63) is 77.9 Å². The summed E-state index contributed by atoms with van der Waals surface area (Å²) in [7, 11) is -7.57. The number of piperidine rings is 1. The highest BCUT2D eigenvalue weighted by Gasteiger charge is 2.31. The van der Waals surface area contributed by atoms with Crippen molar-refractivity contribution in [1.29, 1.82) is 0 Å². The first-order valence-electron chi connectivity index (χ1n) is 18.7. The van der Waals surface area contributed by atoms with E-state index in [0.717, 1.165) is 58.2 Å². The number of carbonyl (C=O) groups is 1. The third kappa shape index (κ3) is 8.67. The first-order chi connectivity index (χ1) is 25.2. The fraction of sp³-hybridized carbons (Fsp3) is 0.475. The number of ketones is 1. The van der Waals surface area contributed by atoms with Gasteiger partial charge in [0, 0.05) is 32.6 Å². The summed E-state index contributed by atoms with van der Waals surface area (Å²) >= 11 is 1.36. The van der Waals surface area contributed by atoms with E-state index in [2.05, 4.69) is 4.90 Å². The van der Waals surface area contributed by atoms with Gasteiger partial charge in [0.05, 0.1) is 10.5 Å². The first-order valence-corrected chi connectivity index (χ1v) is 22.5. The lowest BCUT2D eigenvalue weighted by molar-refractivity contribution is 0.104. The minimum Gasteiger partial charge on any atom is -0.492 e. The van der Waals surface area contributed by atoms with Gasteiger partial charge in [-0.3, -0.25) is 9.69 Å². The summed E-state index contributed by atoms with van der Waals surface area (Å²) in [5, 5.41) is -0.348. The highest BCUT2D eigenvalue weighted by molar-refractivity contribution is 7.88. The number of hydrogen-bond acceptors (Lipinski definition) is 10. The molecule has 3 aliphatic rings. The molecule has 3 fully saturated rings. The van der Waals surface area contributed by atoms with Crippen molar-refractivity contribution in [2.75, 3.05) is 26.2 Å². The van der Waals surface area contributed by atoms with Gasteiger partial charge in [0.2, 0.25) is 0 Å². The van der Waals surface area contributed by atoms with Crippen LogP contribution < -0.4 is 13.1 Å². The Morgan fingerprint density at radius 2 is 1.19 bits per heavy atom. The summed E-state index contributed by atoms with van der Waals surface area (Å²) in [6, 6.07) is 19.0. The van der Waals surface area contributed by atoms with E-state index in [9.17, 15) is 21.6 Å². The van der Waals surface area contributed by atoms with Crippen molar-refractivity contribution in [2.24, 2.45) is 0 Å². The molecule has 1 aromatic heterocycles. The zero-order valence-electron chi connectivity index (χ0n) is 29.5. The van der Waals surface area contributed by atoms with Crippen molar-refractivity contribution >= 4 is 47.4 Å². The molecule has 9 nitrogen and oxygen atoms in total. The summed E-state index contributed by atoms with van der Waals surface area (Å²) < 4.78 is 70.2. The van der Waals surface area contributed by atoms with Gasteiger partial charge in [-0.05, 0) is 124 Å². The Balaban J connectivity index is 1.16. The molecule has 12 heteroatoms. The van der Waals surface area contributed by atoms with Gasteiger partial charge in [-0.25, -0.2) is 0 Å². The maximum atomic E-state index is 14.3. The second-order valence-corrected chi connectivity index (χ2v) is 19.0. The summed E-state index contributed by atoms with van der Waals surface area (Å²) in [5.41, 5.74) is 1.67. The molecule has 0 bridgehead atoms. The van der Waals surface area contributed by atoms with Crippen LogP contribution in [0.2, 0.25) is 0 Å². The molecular weight excluding hydrogens is 719 g/mol. The molecule has 2 aliphatic carbocycles. The highest BCUT2D eigenvalue weighted by Crippen LogP contribution is 2.42. The van der Waals surface area contributed by atoms with Crippen LogP contribution in [0, 0.1) is 0 Å². The molecule has 52 heavy (non-hydrogen) atoms. The molecule has 0 amide bonds. The van der Waals surface area contributed by atoms with Gasteiger partial charge < -0.3 is 13.1 Å². The molecule has 0 atom stereocenters. The monoisotopic (exact) mass is 765 g/mol. The molecule has 0 spiro atoms. The number of rotatable bonds is 13. The van der Waals surface area contributed by atoms with Crippen molar-refractivity contribution in [1.82, 2.24) is 4.90 Å². The second-order valence-electron chi connectivity index (χ2n) is 14.3.